The van der Waals surface area contributed by atoms with E-state index in [0.717, 1.165) is 31.4 Å². The smallest absolute Gasteiger partial charge is 0.211 e. The second kappa shape index (κ2) is 6.33. The minimum absolute atomic E-state index is 0.0893. The van der Waals surface area contributed by atoms with Gasteiger partial charge in [0.1, 0.15) is 0 Å². The zero-order chi connectivity index (χ0) is 17.5. The Morgan fingerprint density at radius 1 is 1.17 bits per heavy atom. The summed E-state index contributed by atoms with van der Waals surface area (Å²) in [5.41, 5.74) is 4.64. The average molecular weight is 347 g/mol. The van der Waals surface area contributed by atoms with Crippen LogP contribution in [0, 0.1) is 13.8 Å². The van der Waals surface area contributed by atoms with Crippen molar-refractivity contribution in [1.29, 1.82) is 0 Å². The van der Waals surface area contributed by atoms with E-state index in [-0.39, 0.29) is 6.04 Å². The van der Waals surface area contributed by atoms with Crippen molar-refractivity contribution in [2.45, 2.75) is 32.7 Å². The first-order valence-electron chi connectivity index (χ1n) is 8.32. The Morgan fingerprint density at radius 2 is 1.83 bits per heavy atom. The molecule has 0 unspecified atom stereocenters. The number of piperidine rings is 1. The summed E-state index contributed by atoms with van der Waals surface area (Å²) >= 11 is 0. The van der Waals surface area contributed by atoms with Crippen molar-refractivity contribution in [2.75, 3.05) is 31.3 Å². The van der Waals surface area contributed by atoms with E-state index in [0.29, 0.717) is 0 Å². The largest absolute Gasteiger partial charge is 0.371 e. The fourth-order valence-corrected chi connectivity index (χ4v) is 4.35. The summed E-state index contributed by atoms with van der Waals surface area (Å²) in [6.07, 6.45) is 4.92. The Labute approximate surface area is 144 Å². The van der Waals surface area contributed by atoms with Gasteiger partial charge < -0.3 is 4.90 Å². The number of benzene rings is 1. The van der Waals surface area contributed by atoms with Gasteiger partial charge >= 0.3 is 0 Å². The van der Waals surface area contributed by atoms with Crippen LogP contribution in [-0.2, 0) is 10.0 Å². The van der Waals surface area contributed by atoms with Crippen molar-refractivity contribution in [3.05, 3.63) is 35.5 Å². The molecular formula is C18H25N3O2S. The van der Waals surface area contributed by atoms with Crippen LogP contribution in [0.15, 0.2) is 24.4 Å². The molecule has 2 aromatic rings. The van der Waals surface area contributed by atoms with Crippen molar-refractivity contribution in [2.24, 2.45) is 0 Å². The quantitative estimate of drug-likeness (QED) is 0.857. The summed E-state index contributed by atoms with van der Waals surface area (Å²) in [5, 5.41) is 1.19. The van der Waals surface area contributed by atoms with Crippen molar-refractivity contribution in [3.63, 3.8) is 0 Å². The van der Waals surface area contributed by atoms with Crippen molar-refractivity contribution < 1.29 is 8.42 Å². The fourth-order valence-electron chi connectivity index (χ4n) is 3.60. The van der Waals surface area contributed by atoms with Gasteiger partial charge in [-0.2, -0.15) is 0 Å². The van der Waals surface area contributed by atoms with Crippen LogP contribution in [0.3, 0.4) is 0 Å². The van der Waals surface area contributed by atoms with E-state index in [1.807, 2.05) is 6.20 Å². The first-order chi connectivity index (χ1) is 11.3. The summed E-state index contributed by atoms with van der Waals surface area (Å²) in [5.74, 6) is 0. The second-order valence-electron chi connectivity index (χ2n) is 6.76. The van der Waals surface area contributed by atoms with Crippen molar-refractivity contribution in [1.82, 2.24) is 9.29 Å². The molecule has 1 aromatic heterocycles. The maximum Gasteiger partial charge on any atom is 0.211 e. The summed E-state index contributed by atoms with van der Waals surface area (Å²) in [6.45, 7) is 5.90. The zero-order valence-electron chi connectivity index (χ0n) is 14.8. The second-order valence-corrected chi connectivity index (χ2v) is 8.80. The molecule has 24 heavy (non-hydrogen) atoms. The maximum absolute atomic E-state index is 11.8. The molecule has 0 saturated carbocycles. The first kappa shape index (κ1) is 17.2. The number of para-hydroxylation sites is 1. The normalized spacial score (nSPS) is 17.0. The van der Waals surface area contributed by atoms with Gasteiger partial charge in [0, 0.05) is 37.8 Å². The highest BCUT2D eigenvalue weighted by Gasteiger charge is 2.28. The highest BCUT2D eigenvalue weighted by atomic mass is 32.2. The summed E-state index contributed by atoms with van der Waals surface area (Å²) < 4.78 is 25.0. The molecular weight excluding hydrogens is 322 g/mol. The highest BCUT2D eigenvalue weighted by molar-refractivity contribution is 7.88. The number of aromatic nitrogens is 1. The summed E-state index contributed by atoms with van der Waals surface area (Å²) in [7, 11) is -1.44. The molecule has 3 rings (SSSR count). The molecule has 1 fully saturated rings. The number of hydrogen-bond acceptors (Lipinski definition) is 4. The number of anilines is 1. The number of fused-ring (bicyclic) bond motifs is 1. The zero-order valence-corrected chi connectivity index (χ0v) is 15.6. The van der Waals surface area contributed by atoms with Crippen molar-refractivity contribution in [3.8, 4) is 0 Å². The molecule has 0 N–H and O–H groups in total. The van der Waals surface area contributed by atoms with E-state index in [4.69, 9.17) is 0 Å². The lowest BCUT2D eigenvalue weighted by Gasteiger charge is -2.38. The molecule has 0 spiro atoms. The predicted octanol–water partition coefficient (Wildman–Crippen LogP) is 2.71. The molecule has 0 amide bonds. The lowest BCUT2D eigenvalue weighted by atomic mass is 10.0. The van der Waals surface area contributed by atoms with Gasteiger partial charge in [0.05, 0.1) is 17.5 Å². The van der Waals surface area contributed by atoms with Gasteiger partial charge in [-0.1, -0.05) is 18.2 Å². The van der Waals surface area contributed by atoms with Gasteiger partial charge in [0.2, 0.25) is 10.0 Å². The average Bonchev–Trinajstić information content (AvgIpc) is 2.54. The Kier molecular flexibility index (Phi) is 4.53. The van der Waals surface area contributed by atoms with E-state index in [1.54, 1.807) is 7.05 Å². The van der Waals surface area contributed by atoms with Crippen LogP contribution in [-0.4, -0.2) is 50.1 Å². The minimum Gasteiger partial charge on any atom is -0.371 e. The fraction of sp³-hybridized carbons (Fsp3) is 0.500. The first-order valence-corrected chi connectivity index (χ1v) is 10.2. The molecule has 1 aromatic carbocycles. The molecule has 0 radical (unpaired) electrons. The molecule has 5 nitrogen and oxygen atoms in total. The SMILES string of the molecule is Cc1cnc2c(C)cccc2c1N1CCC(N(C)S(C)(=O)=O)CC1. The third-order valence-electron chi connectivity index (χ3n) is 5.07. The van der Waals surface area contributed by atoms with E-state index in [9.17, 15) is 8.42 Å². The van der Waals surface area contributed by atoms with Crippen LogP contribution in [0.5, 0.6) is 0 Å². The van der Waals surface area contributed by atoms with Crippen LogP contribution in [0.1, 0.15) is 24.0 Å². The number of pyridine rings is 1. The van der Waals surface area contributed by atoms with E-state index in [2.05, 4.69) is 41.9 Å². The molecule has 0 aliphatic carbocycles. The molecule has 0 atom stereocenters. The van der Waals surface area contributed by atoms with Crippen LogP contribution in [0.25, 0.3) is 10.9 Å². The van der Waals surface area contributed by atoms with Crippen LogP contribution < -0.4 is 4.90 Å². The van der Waals surface area contributed by atoms with Gasteiger partial charge in [-0.05, 0) is 37.8 Å². The number of sulfonamides is 1. The minimum atomic E-state index is -3.13. The molecule has 2 heterocycles. The lowest BCUT2D eigenvalue weighted by Crippen LogP contribution is -2.45. The number of hydrogen-bond donors (Lipinski definition) is 0. The molecule has 1 aliphatic rings. The van der Waals surface area contributed by atoms with Crippen LogP contribution in [0.2, 0.25) is 0 Å². The van der Waals surface area contributed by atoms with Gasteiger partial charge in [-0.15, -0.1) is 0 Å². The molecule has 6 heteroatoms. The summed E-state index contributed by atoms with van der Waals surface area (Å²) in [4.78, 5) is 6.98. The Balaban J connectivity index is 1.89. The van der Waals surface area contributed by atoms with E-state index in [1.165, 1.54) is 32.8 Å². The molecule has 130 valence electrons. The Hall–Kier alpha value is -1.66. The van der Waals surface area contributed by atoms with Gasteiger partial charge in [-0.25, -0.2) is 12.7 Å². The summed E-state index contributed by atoms with van der Waals surface area (Å²) in [6, 6.07) is 6.38. The Bertz CT molecular complexity index is 856. The third-order valence-corrected chi connectivity index (χ3v) is 6.42. The van der Waals surface area contributed by atoms with Gasteiger partial charge in [-0.3, -0.25) is 4.98 Å². The topological polar surface area (TPSA) is 53.5 Å². The number of rotatable bonds is 3. The van der Waals surface area contributed by atoms with Crippen LogP contribution in [0.4, 0.5) is 5.69 Å². The van der Waals surface area contributed by atoms with E-state index < -0.39 is 10.0 Å². The highest BCUT2D eigenvalue weighted by Crippen LogP contribution is 2.33. The lowest BCUT2D eigenvalue weighted by molar-refractivity contribution is 0.314. The van der Waals surface area contributed by atoms with Gasteiger partial charge in [0.25, 0.3) is 0 Å². The van der Waals surface area contributed by atoms with Gasteiger partial charge in [0.15, 0.2) is 0 Å². The number of aryl methyl sites for hydroxylation is 2. The van der Waals surface area contributed by atoms with E-state index >= 15 is 0 Å². The van der Waals surface area contributed by atoms with Crippen LogP contribution >= 0.6 is 0 Å². The third kappa shape index (κ3) is 3.13. The number of nitrogens with zero attached hydrogens (tertiary/aromatic N) is 3. The predicted molar refractivity (Wildman–Crippen MR) is 99.1 cm³/mol. The standard InChI is InChI=1S/C18H25N3O2S/c1-13-6-5-7-16-17(13)19-12-14(2)18(16)21-10-8-15(9-11-21)20(3)24(4,22)23/h5-7,12,15H,8-11H2,1-4H3. The van der Waals surface area contributed by atoms with Crippen molar-refractivity contribution >= 4 is 26.6 Å². The molecule has 1 saturated heterocycles. The Morgan fingerprint density at radius 3 is 2.46 bits per heavy atom. The molecule has 0 bridgehead atoms. The molecule has 1 aliphatic heterocycles. The monoisotopic (exact) mass is 347 g/mol. The maximum atomic E-state index is 11.8.